The maximum Gasteiger partial charge on any atom is 0.336 e. The predicted octanol–water partition coefficient (Wildman–Crippen LogP) is 2.83. The fourth-order valence-electron chi connectivity index (χ4n) is 1.67. The topological polar surface area (TPSA) is 66.4 Å². The number of nitrogens with one attached hydrogen (secondary N) is 1. The molecule has 0 fully saturated rings. The maximum absolute atomic E-state index is 11.6. The molecule has 4 heteroatoms. The summed E-state index contributed by atoms with van der Waals surface area (Å²) in [7, 11) is 0. The molecule has 0 aliphatic carbocycles. The van der Waals surface area contributed by atoms with Gasteiger partial charge in [0.15, 0.2) is 0 Å². The van der Waals surface area contributed by atoms with Gasteiger partial charge in [-0.3, -0.25) is 4.79 Å². The van der Waals surface area contributed by atoms with E-state index in [0.717, 1.165) is 12.8 Å². The predicted molar refractivity (Wildman–Crippen MR) is 74.1 cm³/mol. The van der Waals surface area contributed by atoms with E-state index in [-0.39, 0.29) is 11.5 Å². The Morgan fingerprint density at radius 2 is 2.11 bits per heavy atom. The minimum atomic E-state index is -0.998. The molecule has 0 aromatic heterocycles. The van der Waals surface area contributed by atoms with E-state index in [2.05, 4.69) is 11.2 Å². The summed E-state index contributed by atoms with van der Waals surface area (Å²) in [6.07, 6.45) is 7.72. The van der Waals surface area contributed by atoms with E-state index >= 15 is 0 Å². The molecule has 1 aromatic rings. The summed E-state index contributed by atoms with van der Waals surface area (Å²) in [5.41, 5.74) is 1.37. The molecule has 2 N–H and O–H groups in total. The number of benzene rings is 1. The van der Waals surface area contributed by atoms with E-state index in [0.29, 0.717) is 24.1 Å². The number of unbranched alkanes of at least 4 members (excludes halogenated alkanes) is 2. The molecule has 4 nitrogen and oxygen atoms in total. The van der Waals surface area contributed by atoms with Gasteiger partial charge in [0, 0.05) is 18.5 Å². The molecule has 0 aliphatic heterocycles. The second-order valence-electron chi connectivity index (χ2n) is 4.29. The average Bonchev–Trinajstić information content (AvgIpc) is 2.36. The minimum absolute atomic E-state index is 0.128. The van der Waals surface area contributed by atoms with E-state index in [4.69, 9.17) is 11.5 Å². The first kappa shape index (κ1) is 14.8. The van der Waals surface area contributed by atoms with Crippen LogP contribution in [0.5, 0.6) is 0 Å². The summed E-state index contributed by atoms with van der Waals surface area (Å²) in [4.78, 5) is 22.6. The minimum Gasteiger partial charge on any atom is -0.478 e. The molecule has 0 radical (unpaired) electrons. The summed E-state index contributed by atoms with van der Waals surface area (Å²) in [6.45, 7) is 1.72. The maximum atomic E-state index is 11.6. The highest BCUT2D eigenvalue weighted by Gasteiger charge is 2.09. The quantitative estimate of drug-likeness (QED) is 0.609. The molecule has 0 unspecified atom stereocenters. The van der Waals surface area contributed by atoms with E-state index in [9.17, 15) is 9.59 Å². The molecule has 0 saturated carbocycles. The van der Waals surface area contributed by atoms with Crippen LogP contribution < -0.4 is 5.32 Å². The first-order valence-corrected chi connectivity index (χ1v) is 6.12. The van der Waals surface area contributed by atoms with E-state index < -0.39 is 5.97 Å². The Kier molecular flexibility index (Phi) is 5.62. The number of hydrogen-bond donors (Lipinski definition) is 2. The number of aromatic carboxylic acids is 1. The molecule has 0 saturated heterocycles. The Morgan fingerprint density at radius 1 is 1.37 bits per heavy atom. The van der Waals surface area contributed by atoms with Crippen LogP contribution >= 0.6 is 0 Å². The van der Waals surface area contributed by atoms with Crippen LogP contribution in [0.4, 0.5) is 5.69 Å². The van der Waals surface area contributed by atoms with Crippen molar-refractivity contribution in [2.75, 3.05) is 5.32 Å². The van der Waals surface area contributed by atoms with Crippen molar-refractivity contribution in [1.82, 2.24) is 0 Å². The number of rotatable bonds is 6. The van der Waals surface area contributed by atoms with Gasteiger partial charge in [0.05, 0.1) is 5.56 Å². The zero-order valence-corrected chi connectivity index (χ0v) is 10.9. The van der Waals surface area contributed by atoms with Crippen LogP contribution in [0.3, 0.4) is 0 Å². The summed E-state index contributed by atoms with van der Waals surface area (Å²) < 4.78 is 0. The van der Waals surface area contributed by atoms with Gasteiger partial charge in [-0.25, -0.2) is 4.79 Å². The lowest BCUT2D eigenvalue weighted by Gasteiger charge is -2.07. The average molecular weight is 259 g/mol. The first-order chi connectivity index (χ1) is 9.04. The largest absolute Gasteiger partial charge is 0.478 e. The van der Waals surface area contributed by atoms with E-state index in [1.807, 2.05) is 0 Å². The number of carboxylic acids is 1. The highest BCUT2D eigenvalue weighted by molar-refractivity contribution is 5.94. The number of amides is 1. The monoisotopic (exact) mass is 259 g/mol. The van der Waals surface area contributed by atoms with Crippen molar-refractivity contribution >= 4 is 17.6 Å². The van der Waals surface area contributed by atoms with Crippen molar-refractivity contribution < 1.29 is 14.7 Å². The smallest absolute Gasteiger partial charge is 0.336 e. The molecule has 0 aliphatic rings. The summed E-state index contributed by atoms with van der Waals surface area (Å²) in [5, 5.41) is 11.7. The van der Waals surface area contributed by atoms with Gasteiger partial charge in [-0.05, 0) is 37.5 Å². The third-order valence-electron chi connectivity index (χ3n) is 2.73. The van der Waals surface area contributed by atoms with Crippen molar-refractivity contribution in [2.45, 2.75) is 32.6 Å². The molecule has 1 amide bonds. The fourth-order valence-corrected chi connectivity index (χ4v) is 1.67. The molecule has 1 rings (SSSR count). The van der Waals surface area contributed by atoms with Gasteiger partial charge in [-0.2, -0.15) is 0 Å². The number of carboxylic acid groups (broad SMARTS) is 1. The van der Waals surface area contributed by atoms with E-state index in [1.165, 1.54) is 6.07 Å². The van der Waals surface area contributed by atoms with Gasteiger partial charge in [-0.15, -0.1) is 12.3 Å². The highest BCUT2D eigenvalue weighted by Crippen LogP contribution is 2.16. The second-order valence-corrected chi connectivity index (χ2v) is 4.29. The Labute approximate surface area is 112 Å². The van der Waals surface area contributed by atoms with Crippen LogP contribution in [0.1, 0.15) is 41.6 Å². The molecule has 19 heavy (non-hydrogen) atoms. The zero-order valence-electron chi connectivity index (χ0n) is 10.9. The Morgan fingerprint density at radius 3 is 2.74 bits per heavy atom. The van der Waals surface area contributed by atoms with Crippen LogP contribution in [0.15, 0.2) is 18.2 Å². The van der Waals surface area contributed by atoms with Crippen molar-refractivity contribution in [1.29, 1.82) is 0 Å². The van der Waals surface area contributed by atoms with Crippen molar-refractivity contribution in [3.05, 3.63) is 29.3 Å². The molecule has 0 bridgehead atoms. The number of carbonyl (C=O) groups is 2. The summed E-state index contributed by atoms with van der Waals surface area (Å²) in [6, 6.07) is 4.84. The van der Waals surface area contributed by atoms with Crippen molar-refractivity contribution in [3.8, 4) is 12.3 Å². The molecular formula is C15H17NO3. The molecule has 1 aromatic carbocycles. The molecular weight excluding hydrogens is 242 g/mol. The SMILES string of the molecule is C#CCCCCC(=O)Nc1ccc(C)c(C(=O)O)c1. The van der Waals surface area contributed by atoms with Gasteiger partial charge < -0.3 is 10.4 Å². The third-order valence-corrected chi connectivity index (χ3v) is 2.73. The standard InChI is InChI=1S/C15H17NO3/c1-3-4-5-6-7-14(17)16-12-9-8-11(2)13(10-12)15(18)19/h1,8-10H,4-7H2,2H3,(H,16,17)(H,18,19). The van der Waals surface area contributed by atoms with Gasteiger partial charge in [0.25, 0.3) is 0 Å². The van der Waals surface area contributed by atoms with Gasteiger partial charge in [0.2, 0.25) is 5.91 Å². The van der Waals surface area contributed by atoms with Crippen LogP contribution in [-0.2, 0) is 4.79 Å². The molecule has 0 spiro atoms. The summed E-state index contributed by atoms with van der Waals surface area (Å²) >= 11 is 0. The van der Waals surface area contributed by atoms with Gasteiger partial charge in [-0.1, -0.05) is 6.07 Å². The van der Waals surface area contributed by atoms with Crippen molar-refractivity contribution in [3.63, 3.8) is 0 Å². The lowest BCUT2D eigenvalue weighted by Crippen LogP contribution is -2.12. The lowest BCUT2D eigenvalue weighted by atomic mass is 10.1. The van der Waals surface area contributed by atoms with Crippen LogP contribution in [0, 0.1) is 19.3 Å². The van der Waals surface area contributed by atoms with Crippen LogP contribution in [0.2, 0.25) is 0 Å². The van der Waals surface area contributed by atoms with Crippen LogP contribution in [-0.4, -0.2) is 17.0 Å². The second kappa shape index (κ2) is 7.22. The van der Waals surface area contributed by atoms with E-state index in [1.54, 1.807) is 19.1 Å². The normalized spacial score (nSPS) is 9.68. The fraction of sp³-hybridized carbons (Fsp3) is 0.333. The first-order valence-electron chi connectivity index (χ1n) is 6.12. The third kappa shape index (κ3) is 4.84. The number of anilines is 1. The molecule has 100 valence electrons. The lowest BCUT2D eigenvalue weighted by molar-refractivity contribution is -0.116. The van der Waals surface area contributed by atoms with Gasteiger partial charge in [0.1, 0.15) is 0 Å². The summed E-state index contributed by atoms with van der Waals surface area (Å²) in [5.74, 6) is 1.40. The van der Waals surface area contributed by atoms with Crippen molar-refractivity contribution in [2.24, 2.45) is 0 Å². The Bertz CT molecular complexity index is 515. The zero-order chi connectivity index (χ0) is 14.3. The Balaban J connectivity index is 2.58. The molecule has 0 atom stereocenters. The number of aryl methyl sites for hydroxylation is 1. The highest BCUT2D eigenvalue weighted by atomic mass is 16.4. The molecule has 0 heterocycles. The number of hydrogen-bond acceptors (Lipinski definition) is 2. The Hall–Kier alpha value is -2.28. The van der Waals surface area contributed by atoms with Gasteiger partial charge >= 0.3 is 5.97 Å². The number of carbonyl (C=O) groups excluding carboxylic acids is 1. The number of terminal acetylenes is 1. The van der Waals surface area contributed by atoms with Crippen LogP contribution in [0.25, 0.3) is 0 Å².